The highest BCUT2D eigenvalue weighted by Crippen LogP contribution is 2.34. The number of oxazole rings is 1. The van der Waals surface area contributed by atoms with Crippen molar-refractivity contribution in [2.45, 2.75) is 19.4 Å². The normalized spacial score (nSPS) is 11.6. The largest absolute Gasteiger partial charge is 0.478 e. The van der Waals surface area contributed by atoms with Gasteiger partial charge in [-0.15, -0.1) is 0 Å². The van der Waals surface area contributed by atoms with Gasteiger partial charge in [-0.2, -0.15) is 0 Å². The van der Waals surface area contributed by atoms with Crippen LogP contribution in [-0.2, 0) is 4.79 Å². The third kappa shape index (κ3) is 4.32. The van der Waals surface area contributed by atoms with Crippen molar-refractivity contribution in [3.05, 3.63) is 88.9 Å². The number of ether oxygens (including phenoxy) is 1. The molecule has 0 aliphatic rings. The van der Waals surface area contributed by atoms with E-state index < -0.39 is 5.60 Å². The fourth-order valence-electron chi connectivity index (χ4n) is 3.70. The number of nitrogens with one attached hydrogen (secondary N) is 1. The first kappa shape index (κ1) is 22.3. The van der Waals surface area contributed by atoms with Crippen LogP contribution in [0.5, 0.6) is 5.75 Å². The van der Waals surface area contributed by atoms with Gasteiger partial charge >= 0.3 is 0 Å². The number of anilines is 1. The Bertz CT molecular complexity index is 1520. The molecule has 170 valence electrons. The quantitative estimate of drug-likeness (QED) is 0.273. The first-order valence-electron chi connectivity index (χ1n) is 10.6. The number of hydrogen-bond acceptors (Lipinski definition) is 4. The fraction of sp³-hybridized carbons (Fsp3) is 0.111. The molecule has 0 unspecified atom stereocenters. The van der Waals surface area contributed by atoms with Crippen molar-refractivity contribution < 1.29 is 13.9 Å². The molecule has 1 aromatic heterocycles. The molecule has 0 radical (unpaired) electrons. The molecule has 0 spiro atoms. The summed E-state index contributed by atoms with van der Waals surface area (Å²) in [5, 5.41) is 6.06. The van der Waals surface area contributed by atoms with Gasteiger partial charge in [0.15, 0.2) is 11.2 Å². The predicted molar refractivity (Wildman–Crippen MR) is 137 cm³/mol. The lowest BCUT2D eigenvalue weighted by atomic mass is 10.0. The maximum absolute atomic E-state index is 12.9. The molecule has 5 aromatic rings. The minimum Gasteiger partial charge on any atom is -0.478 e. The highest BCUT2D eigenvalue weighted by Gasteiger charge is 2.30. The number of amides is 1. The van der Waals surface area contributed by atoms with Gasteiger partial charge in [-0.05, 0) is 73.8 Å². The predicted octanol–water partition coefficient (Wildman–Crippen LogP) is 7.75. The lowest BCUT2D eigenvalue weighted by Gasteiger charge is -2.25. The Labute approximate surface area is 206 Å². The minimum absolute atomic E-state index is 0.297. The van der Waals surface area contributed by atoms with E-state index in [1.54, 1.807) is 56.3 Å². The zero-order chi connectivity index (χ0) is 23.9. The second-order valence-corrected chi connectivity index (χ2v) is 9.21. The van der Waals surface area contributed by atoms with Crippen LogP contribution in [0, 0.1) is 0 Å². The number of carbonyl (C=O) groups excluding carboxylic acids is 1. The molecule has 0 saturated heterocycles. The van der Waals surface area contributed by atoms with Crippen molar-refractivity contribution in [3.63, 3.8) is 0 Å². The van der Waals surface area contributed by atoms with Gasteiger partial charge in [0, 0.05) is 26.7 Å². The minimum atomic E-state index is -1.11. The molecule has 1 heterocycles. The highest BCUT2D eigenvalue weighted by molar-refractivity contribution is 6.35. The van der Waals surface area contributed by atoms with E-state index in [1.165, 1.54) is 0 Å². The van der Waals surface area contributed by atoms with E-state index >= 15 is 0 Å². The van der Waals surface area contributed by atoms with E-state index in [-0.39, 0.29) is 5.91 Å². The topological polar surface area (TPSA) is 64.4 Å². The van der Waals surface area contributed by atoms with E-state index in [9.17, 15) is 4.79 Å². The van der Waals surface area contributed by atoms with Crippen molar-refractivity contribution in [1.29, 1.82) is 0 Å². The maximum Gasteiger partial charge on any atom is 0.267 e. The Hall–Kier alpha value is -3.54. The van der Waals surface area contributed by atoms with Crippen molar-refractivity contribution in [1.82, 2.24) is 4.98 Å². The lowest BCUT2D eigenvalue weighted by molar-refractivity contribution is -0.128. The lowest BCUT2D eigenvalue weighted by Crippen LogP contribution is -2.42. The Kier molecular flexibility index (Phi) is 5.68. The van der Waals surface area contributed by atoms with Crippen LogP contribution in [0.3, 0.4) is 0 Å². The van der Waals surface area contributed by atoms with Crippen LogP contribution in [0.1, 0.15) is 13.8 Å². The summed E-state index contributed by atoms with van der Waals surface area (Å²) >= 11 is 12.3. The van der Waals surface area contributed by atoms with E-state index in [2.05, 4.69) is 10.3 Å². The number of nitrogens with zero attached hydrogens (tertiary/aromatic N) is 1. The van der Waals surface area contributed by atoms with Crippen molar-refractivity contribution in [3.8, 4) is 17.2 Å². The molecule has 1 amide bonds. The SMILES string of the molecule is CC(C)(Oc1ccc(Cl)cc1)C(=O)Nc1ccc2oc(-c3cccc4c(Cl)cccc34)nc2c1. The molecule has 5 nitrogen and oxygen atoms in total. The van der Waals surface area contributed by atoms with Crippen LogP contribution >= 0.6 is 23.2 Å². The summed E-state index contributed by atoms with van der Waals surface area (Å²) in [7, 11) is 0. The summed E-state index contributed by atoms with van der Waals surface area (Å²) in [6.45, 7) is 3.41. The number of fused-ring (bicyclic) bond motifs is 2. The standard InChI is InChI=1S/C27H20Cl2N2O3/c1-27(2,34-18-12-9-16(28)10-13-18)26(32)30-17-11-14-24-23(15-17)31-25(33-24)21-7-3-6-20-19(21)5-4-8-22(20)29/h3-15H,1-2H3,(H,30,32). The van der Waals surface area contributed by atoms with Gasteiger partial charge in [0.25, 0.3) is 5.91 Å². The third-order valence-corrected chi connectivity index (χ3v) is 6.06. The Morgan fingerprint density at radius 1 is 0.941 bits per heavy atom. The number of aromatic nitrogens is 1. The molecule has 0 aliphatic carbocycles. The van der Waals surface area contributed by atoms with Crippen molar-refractivity contribution >= 4 is 56.7 Å². The Morgan fingerprint density at radius 2 is 1.68 bits per heavy atom. The summed E-state index contributed by atoms with van der Waals surface area (Å²) in [5.74, 6) is 0.739. The molecular formula is C27H20Cl2N2O3. The monoisotopic (exact) mass is 490 g/mol. The van der Waals surface area contributed by atoms with E-state index in [4.69, 9.17) is 32.4 Å². The van der Waals surface area contributed by atoms with Gasteiger partial charge in [-0.3, -0.25) is 4.79 Å². The van der Waals surface area contributed by atoms with Gasteiger partial charge in [0.2, 0.25) is 5.89 Å². The van der Waals surface area contributed by atoms with Crippen LogP contribution < -0.4 is 10.1 Å². The summed E-state index contributed by atoms with van der Waals surface area (Å²) in [6, 6.07) is 23.8. The fourth-order valence-corrected chi connectivity index (χ4v) is 4.07. The first-order valence-corrected chi connectivity index (χ1v) is 11.4. The van der Waals surface area contributed by atoms with Gasteiger partial charge < -0.3 is 14.5 Å². The first-order chi connectivity index (χ1) is 16.3. The Balaban J connectivity index is 1.41. The van der Waals surface area contributed by atoms with Gasteiger partial charge in [-0.1, -0.05) is 47.5 Å². The molecule has 34 heavy (non-hydrogen) atoms. The molecule has 0 saturated carbocycles. The average molecular weight is 491 g/mol. The average Bonchev–Trinajstić information content (AvgIpc) is 3.23. The van der Waals surface area contributed by atoms with E-state index in [0.29, 0.717) is 38.5 Å². The number of benzene rings is 4. The summed E-state index contributed by atoms with van der Waals surface area (Å²) in [6.07, 6.45) is 0. The van der Waals surface area contributed by atoms with Crippen LogP contribution in [-0.4, -0.2) is 16.5 Å². The van der Waals surface area contributed by atoms with Crippen LogP contribution in [0.25, 0.3) is 33.3 Å². The number of carbonyl (C=O) groups is 1. The summed E-state index contributed by atoms with van der Waals surface area (Å²) < 4.78 is 11.9. The Morgan fingerprint density at radius 3 is 2.47 bits per heavy atom. The molecule has 0 aliphatic heterocycles. The number of hydrogen-bond donors (Lipinski definition) is 1. The van der Waals surface area contributed by atoms with Crippen LogP contribution in [0.15, 0.2) is 83.3 Å². The molecule has 0 atom stereocenters. The zero-order valence-electron chi connectivity index (χ0n) is 18.4. The van der Waals surface area contributed by atoms with Crippen molar-refractivity contribution in [2.24, 2.45) is 0 Å². The summed E-state index contributed by atoms with van der Waals surface area (Å²) in [5.41, 5.74) is 1.57. The maximum atomic E-state index is 12.9. The number of rotatable bonds is 5. The van der Waals surface area contributed by atoms with Gasteiger partial charge in [-0.25, -0.2) is 4.98 Å². The molecule has 0 fully saturated rings. The molecule has 1 N–H and O–H groups in total. The smallest absolute Gasteiger partial charge is 0.267 e. The van der Waals surface area contributed by atoms with Crippen LogP contribution in [0.4, 0.5) is 5.69 Å². The van der Waals surface area contributed by atoms with Gasteiger partial charge in [0.05, 0.1) is 0 Å². The van der Waals surface area contributed by atoms with Gasteiger partial charge in [0.1, 0.15) is 11.3 Å². The summed E-state index contributed by atoms with van der Waals surface area (Å²) in [4.78, 5) is 17.6. The van der Waals surface area contributed by atoms with Crippen LogP contribution in [0.2, 0.25) is 10.0 Å². The van der Waals surface area contributed by atoms with Crippen molar-refractivity contribution in [2.75, 3.05) is 5.32 Å². The highest BCUT2D eigenvalue weighted by atomic mass is 35.5. The molecule has 0 bridgehead atoms. The second-order valence-electron chi connectivity index (χ2n) is 8.36. The van der Waals surface area contributed by atoms with E-state index in [0.717, 1.165) is 16.3 Å². The third-order valence-electron chi connectivity index (χ3n) is 5.48. The zero-order valence-corrected chi connectivity index (χ0v) is 19.9. The molecular weight excluding hydrogens is 471 g/mol. The molecule has 4 aromatic carbocycles. The second kappa shape index (κ2) is 8.67. The molecule has 5 rings (SSSR count). The van der Waals surface area contributed by atoms with E-state index in [1.807, 2.05) is 36.4 Å². The molecule has 7 heteroatoms. The number of halogens is 2.